The molecular weight excluding hydrogens is 450 g/mol. The summed E-state index contributed by atoms with van der Waals surface area (Å²) in [4.78, 5) is 0. The maximum absolute atomic E-state index is 6.58. The fraction of sp³-hybridized carbons (Fsp3) is 0. The van der Waals surface area contributed by atoms with Crippen molar-refractivity contribution in [1.29, 1.82) is 0 Å². The molecule has 0 bridgehead atoms. The van der Waals surface area contributed by atoms with E-state index in [1.54, 1.807) is 0 Å². The van der Waals surface area contributed by atoms with Crippen molar-refractivity contribution in [2.45, 2.75) is 0 Å². The van der Waals surface area contributed by atoms with E-state index in [2.05, 4.69) is 102 Å². The van der Waals surface area contributed by atoms with Crippen LogP contribution in [-0.4, -0.2) is 4.57 Å². The van der Waals surface area contributed by atoms with E-state index in [1.165, 1.54) is 32.4 Å². The van der Waals surface area contributed by atoms with Crippen LogP contribution in [0.25, 0.3) is 71.0 Å². The van der Waals surface area contributed by atoms with Crippen LogP contribution in [0.4, 0.5) is 0 Å². The first-order valence-electron chi connectivity index (χ1n) is 11.7. The second-order valence-corrected chi connectivity index (χ2v) is 9.57. The van der Waals surface area contributed by atoms with Gasteiger partial charge in [-0.3, -0.25) is 0 Å². The fourth-order valence-electron chi connectivity index (χ4n) is 5.64. The molecule has 0 aliphatic carbocycles. The van der Waals surface area contributed by atoms with Gasteiger partial charge in [0, 0.05) is 38.0 Å². The molecule has 0 saturated heterocycles. The lowest BCUT2D eigenvalue weighted by Gasteiger charge is -2.13. The number of halogens is 1. The van der Waals surface area contributed by atoms with Gasteiger partial charge in [-0.1, -0.05) is 78.3 Å². The molecule has 0 unspecified atom stereocenters. The smallest absolute Gasteiger partial charge is 0.160 e. The van der Waals surface area contributed by atoms with E-state index in [-0.39, 0.29) is 0 Å². The van der Waals surface area contributed by atoms with Crippen molar-refractivity contribution < 1.29 is 4.42 Å². The van der Waals surface area contributed by atoms with Gasteiger partial charge in [0.25, 0.3) is 0 Å². The molecule has 0 radical (unpaired) electrons. The Morgan fingerprint density at radius 1 is 0.514 bits per heavy atom. The van der Waals surface area contributed by atoms with Crippen LogP contribution in [0.1, 0.15) is 0 Å². The first-order valence-corrected chi connectivity index (χ1v) is 12.1. The summed E-state index contributed by atoms with van der Waals surface area (Å²) >= 11 is 6.34. The molecule has 2 aromatic heterocycles. The maximum atomic E-state index is 6.58. The molecule has 3 heteroatoms. The Morgan fingerprint density at radius 2 is 1.20 bits per heavy atom. The monoisotopic (exact) mass is 467 g/mol. The van der Waals surface area contributed by atoms with Crippen molar-refractivity contribution in [3.05, 3.63) is 114 Å². The van der Waals surface area contributed by atoms with Gasteiger partial charge in [0.15, 0.2) is 5.58 Å². The summed E-state index contributed by atoms with van der Waals surface area (Å²) < 4.78 is 8.96. The van der Waals surface area contributed by atoms with E-state index >= 15 is 0 Å². The maximum Gasteiger partial charge on any atom is 0.160 e. The number of furan rings is 1. The molecule has 164 valence electrons. The Bertz CT molecular complexity index is 2130. The molecule has 0 spiro atoms. The predicted octanol–water partition coefficient (Wildman–Crippen LogP) is 9.64. The number of nitrogens with zero attached hydrogens (tertiary/aromatic N) is 1. The lowest BCUT2D eigenvalue weighted by atomic mass is 10.0. The summed E-state index contributed by atoms with van der Waals surface area (Å²) in [6, 6.07) is 38.5. The molecule has 0 amide bonds. The minimum absolute atomic E-state index is 0.672. The number of para-hydroxylation sites is 1. The second kappa shape index (κ2) is 6.88. The minimum Gasteiger partial charge on any atom is -0.454 e. The predicted molar refractivity (Wildman–Crippen MR) is 148 cm³/mol. The third-order valence-corrected chi connectivity index (χ3v) is 7.42. The van der Waals surface area contributed by atoms with Crippen LogP contribution in [0.5, 0.6) is 0 Å². The molecule has 0 atom stereocenters. The van der Waals surface area contributed by atoms with E-state index < -0.39 is 0 Å². The van der Waals surface area contributed by atoms with Crippen molar-refractivity contribution in [2.75, 3.05) is 0 Å². The van der Waals surface area contributed by atoms with Crippen molar-refractivity contribution in [1.82, 2.24) is 4.57 Å². The SMILES string of the molecule is Clc1ccc2c(c1)oc1c(-n3c4ccccc4c4cc5ccccc5cc43)c3ccccc3cc12. The van der Waals surface area contributed by atoms with Gasteiger partial charge in [-0.05, 0) is 52.6 Å². The average molecular weight is 468 g/mol. The van der Waals surface area contributed by atoms with Crippen molar-refractivity contribution >= 4 is 76.9 Å². The second-order valence-electron chi connectivity index (χ2n) is 9.13. The van der Waals surface area contributed by atoms with Gasteiger partial charge in [0.05, 0.1) is 16.7 Å². The van der Waals surface area contributed by atoms with Gasteiger partial charge in [0.2, 0.25) is 0 Å². The summed E-state index contributed by atoms with van der Waals surface area (Å²) in [5.74, 6) is 0. The lowest BCUT2D eigenvalue weighted by molar-refractivity contribution is 0.667. The number of hydrogen-bond acceptors (Lipinski definition) is 1. The molecule has 0 aliphatic rings. The highest BCUT2D eigenvalue weighted by atomic mass is 35.5. The van der Waals surface area contributed by atoms with Gasteiger partial charge >= 0.3 is 0 Å². The summed E-state index contributed by atoms with van der Waals surface area (Å²) in [5, 5.41) is 10.1. The fourth-order valence-corrected chi connectivity index (χ4v) is 5.81. The van der Waals surface area contributed by atoms with Gasteiger partial charge in [0.1, 0.15) is 5.58 Å². The zero-order valence-electron chi connectivity index (χ0n) is 18.6. The number of hydrogen-bond donors (Lipinski definition) is 0. The highest BCUT2D eigenvalue weighted by Gasteiger charge is 2.21. The first kappa shape index (κ1) is 19.1. The number of rotatable bonds is 1. The molecule has 0 saturated carbocycles. The molecule has 2 heterocycles. The quantitative estimate of drug-likeness (QED) is 0.235. The normalized spacial score (nSPS) is 12.1. The molecular formula is C32H18ClNO. The zero-order chi connectivity index (χ0) is 23.1. The van der Waals surface area contributed by atoms with Gasteiger partial charge in [-0.25, -0.2) is 0 Å². The third-order valence-electron chi connectivity index (χ3n) is 7.18. The van der Waals surface area contributed by atoms with Gasteiger partial charge < -0.3 is 8.98 Å². The first-order chi connectivity index (χ1) is 17.3. The van der Waals surface area contributed by atoms with Crippen LogP contribution < -0.4 is 0 Å². The van der Waals surface area contributed by atoms with Crippen LogP contribution in [-0.2, 0) is 0 Å². The van der Waals surface area contributed by atoms with Crippen LogP contribution in [0.15, 0.2) is 114 Å². The third kappa shape index (κ3) is 2.60. The van der Waals surface area contributed by atoms with Crippen molar-refractivity contribution in [3.8, 4) is 5.69 Å². The van der Waals surface area contributed by atoms with Crippen LogP contribution in [0.3, 0.4) is 0 Å². The van der Waals surface area contributed by atoms with Crippen LogP contribution in [0.2, 0.25) is 5.02 Å². The zero-order valence-corrected chi connectivity index (χ0v) is 19.4. The molecule has 0 N–H and O–H groups in total. The Balaban J connectivity index is 1.66. The largest absolute Gasteiger partial charge is 0.454 e. The summed E-state index contributed by atoms with van der Waals surface area (Å²) in [6.07, 6.45) is 0. The van der Waals surface area contributed by atoms with Crippen molar-refractivity contribution in [3.63, 3.8) is 0 Å². The van der Waals surface area contributed by atoms with Crippen LogP contribution >= 0.6 is 11.6 Å². The Morgan fingerprint density at radius 3 is 2.06 bits per heavy atom. The van der Waals surface area contributed by atoms with Crippen molar-refractivity contribution in [2.24, 2.45) is 0 Å². The molecule has 8 aromatic rings. The molecule has 0 aliphatic heterocycles. The lowest BCUT2D eigenvalue weighted by Crippen LogP contribution is -1.96. The average Bonchev–Trinajstić information content (AvgIpc) is 3.40. The summed E-state index contributed by atoms with van der Waals surface area (Å²) in [5.41, 5.74) is 5.06. The molecule has 6 aromatic carbocycles. The molecule has 0 fully saturated rings. The van der Waals surface area contributed by atoms with E-state index in [4.69, 9.17) is 16.0 Å². The Hall–Kier alpha value is -4.27. The van der Waals surface area contributed by atoms with Gasteiger partial charge in [-0.15, -0.1) is 0 Å². The summed E-state index contributed by atoms with van der Waals surface area (Å²) in [6.45, 7) is 0. The van der Waals surface area contributed by atoms with E-state index in [9.17, 15) is 0 Å². The summed E-state index contributed by atoms with van der Waals surface area (Å²) in [7, 11) is 0. The number of aromatic nitrogens is 1. The Kier molecular flexibility index (Phi) is 3.75. The molecule has 2 nitrogen and oxygen atoms in total. The van der Waals surface area contributed by atoms with E-state index in [1.807, 2.05) is 12.1 Å². The van der Waals surface area contributed by atoms with Gasteiger partial charge in [-0.2, -0.15) is 0 Å². The minimum atomic E-state index is 0.672. The highest BCUT2D eigenvalue weighted by Crippen LogP contribution is 2.42. The van der Waals surface area contributed by atoms with Crippen LogP contribution in [0, 0.1) is 0 Å². The van der Waals surface area contributed by atoms with E-state index in [0.717, 1.165) is 38.5 Å². The highest BCUT2D eigenvalue weighted by molar-refractivity contribution is 6.31. The molecule has 35 heavy (non-hydrogen) atoms. The Labute approximate surface area is 205 Å². The molecule has 8 rings (SSSR count). The standard InChI is InChI=1S/C32H18ClNO/c33-22-13-14-25-27-16-21-9-3-4-10-23(21)31(32(27)35-30(25)18-22)34-28-12-6-5-11-24(28)26-15-19-7-1-2-8-20(19)17-29(26)34/h1-18H. The number of benzene rings is 6. The topological polar surface area (TPSA) is 18.1 Å². The van der Waals surface area contributed by atoms with E-state index in [0.29, 0.717) is 5.02 Å². The number of fused-ring (bicyclic) bond motifs is 8.